The fourth-order valence-electron chi connectivity index (χ4n) is 1.74. The predicted octanol–water partition coefficient (Wildman–Crippen LogP) is 3.58. The Bertz CT molecular complexity index is 342. The summed E-state index contributed by atoms with van der Waals surface area (Å²) >= 11 is 11.2. The van der Waals surface area contributed by atoms with Gasteiger partial charge in [-0.05, 0) is 58.7 Å². The predicted molar refractivity (Wildman–Crippen MR) is 68.5 cm³/mol. The molecule has 15 heavy (non-hydrogen) atoms. The second-order valence-electron chi connectivity index (χ2n) is 3.73. The molecular weight excluding hydrogens is 296 g/mol. The number of nitrogens with zero attached hydrogens (tertiary/aromatic N) is 2. The molecule has 0 unspecified atom stereocenters. The van der Waals surface area contributed by atoms with Crippen molar-refractivity contribution in [2.45, 2.75) is 19.3 Å². The van der Waals surface area contributed by atoms with Crippen molar-refractivity contribution < 1.29 is 0 Å². The zero-order valence-corrected chi connectivity index (χ0v) is 11.4. The number of hydrogen-bond acceptors (Lipinski definition) is 3. The lowest BCUT2D eigenvalue weighted by atomic mass is 9.97. The number of thioether (sulfide) groups is 1. The lowest BCUT2D eigenvalue weighted by Gasteiger charge is -2.20. The van der Waals surface area contributed by atoms with Gasteiger partial charge in [-0.1, -0.05) is 11.6 Å². The van der Waals surface area contributed by atoms with Crippen LogP contribution in [-0.4, -0.2) is 21.7 Å². The minimum Gasteiger partial charge on any atom is -0.162 e. The van der Waals surface area contributed by atoms with Crippen LogP contribution in [0.2, 0.25) is 5.15 Å². The number of rotatable bonds is 2. The van der Waals surface area contributed by atoms with Crippen LogP contribution in [0.25, 0.3) is 0 Å². The second-order valence-corrected chi connectivity index (χ2v) is 6.17. The Balaban J connectivity index is 2.00. The van der Waals surface area contributed by atoms with E-state index in [4.69, 9.17) is 11.6 Å². The molecule has 0 bridgehead atoms. The van der Waals surface area contributed by atoms with Gasteiger partial charge in [-0.15, -0.1) is 5.10 Å². The summed E-state index contributed by atoms with van der Waals surface area (Å²) in [5.74, 6) is 3.34. The lowest BCUT2D eigenvalue weighted by molar-refractivity contribution is 0.480. The van der Waals surface area contributed by atoms with Gasteiger partial charge in [0.25, 0.3) is 0 Å². The summed E-state index contributed by atoms with van der Waals surface area (Å²) in [6.07, 6.45) is 3.63. The first-order valence-electron chi connectivity index (χ1n) is 5.01. The van der Waals surface area contributed by atoms with Crippen molar-refractivity contribution in [1.29, 1.82) is 0 Å². The minimum absolute atomic E-state index is 0.443. The third-order valence-corrected chi connectivity index (χ3v) is 4.76. The van der Waals surface area contributed by atoms with Crippen LogP contribution >= 0.6 is 39.3 Å². The number of aromatic nitrogens is 2. The maximum Gasteiger partial charge on any atom is 0.165 e. The Morgan fingerprint density at radius 1 is 1.40 bits per heavy atom. The van der Waals surface area contributed by atoms with Gasteiger partial charge in [-0.3, -0.25) is 0 Å². The van der Waals surface area contributed by atoms with Gasteiger partial charge in [0.05, 0.1) is 10.2 Å². The van der Waals surface area contributed by atoms with E-state index in [-0.39, 0.29) is 0 Å². The van der Waals surface area contributed by atoms with Gasteiger partial charge in [0.2, 0.25) is 0 Å². The van der Waals surface area contributed by atoms with Crippen molar-refractivity contribution in [3.63, 3.8) is 0 Å². The summed E-state index contributed by atoms with van der Waals surface area (Å²) in [7, 11) is 0. The zero-order chi connectivity index (χ0) is 10.7. The van der Waals surface area contributed by atoms with Crippen LogP contribution in [0.1, 0.15) is 18.5 Å². The smallest absolute Gasteiger partial charge is 0.162 e. The molecule has 82 valence electrons. The molecule has 0 atom stereocenters. The van der Waals surface area contributed by atoms with Crippen molar-refractivity contribution in [3.05, 3.63) is 21.4 Å². The van der Waals surface area contributed by atoms with Crippen molar-refractivity contribution in [3.8, 4) is 0 Å². The summed E-state index contributed by atoms with van der Waals surface area (Å²) in [5, 5.41) is 8.46. The van der Waals surface area contributed by atoms with Gasteiger partial charge >= 0.3 is 0 Å². The van der Waals surface area contributed by atoms with E-state index < -0.39 is 0 Å². The van der Waals surface area contributed by atoms with Crippen LogP contribution in [0.15, 0.2) is 10.5 Å². The molecule has 1 aliphatic rings. The Morgan fingerprint density at radius 3 is 2.80 bits per heavy atom. The normalized spacial score (nSPS) is 18.0. The highest BCUT2D eigenvalue weighted by atomic mass is 79.9. The quantitative estimate of drug-likeness (QED) is 0.835. The SMILES string of the molecule is Clc1nnc(CC2CCSCC2)cc1Br. The molecule has 1 aliphatic heterocycles. The summed E-state index contributed by atoms with van der Waals surface area (Å²) in [4.78, 5) is 0. The molecule has 1 fully saturated rings. The Labute approximate surface area is 107 Å². The molecule has 0 radical (unpaired) electrons. The largest absolute Gasteiger partial charge is 0.165 e. The van der Waals surface area contributed by atoms with Crippen molar-refractivity contribution in [2.24, 2.45) is 5.92 Å². The van der Waals surface area contributed by atoms with E-state index in [0.29, 0.717) is 5.15 Å². The molecule has 0 aliphatic carbocycles. The lowest BCUT2D eigenvalue weighted by Crippen LogP contribution is -2.13. The van der Waals surface area contributed by atoms with Gasteiger partial charge < -0.3 is 0 Å². The highest BCUT2D eigenvalue weighted by Gasteiger charge is 2.15. The van der Waals surface area contributed by atoms with Crippen LogP contribution in [0.5, 0.6) is 0 Å². The molecule has 2 rings (SSSR count). The average Bonchev–Trinajstić information content (AvgIpc) is 2.25. The van der Waals surface area contributed by atoms with Crippen molar-refractivity contribution >= 4 is 39.3 Å². The zero-order valence-electron chi connectivity index (χ0n) is 8.25. The topological polar surface area (TPSA) is 25.8 Å². The molecule has 0 aromatic carbocycles. The minimum atomic E-state index is 0.443. The Morgan fingerprint density at radius 2 is 2.13 bits per heavy atom. The van der Waals surface area contributed by atoms with E-state index in [1.165, 1.54) is 24.3 Å². The first-order valence-corrected chi connectivity index (χ1v) is 7.33. The highest BCUT2D eigenvalue weighted by Crippen LogP contribution is 2.26. The molecule has 1 aromatic rings. The Hall–Kier alpha value is 0.200. The van der Waals surface area contributed by atoms with Crippen LogP contribution in [0.3, 0.4) is 0 Å². The first-order chi connectivity index (χ1) is 7.25. The number of hydrogen-bond donors (Lipinski definition) is 0. The summed E-state index contributed by atoms with van der Waals surface area (Å²) in [5.41, 5.74) is 1.04. The summed E-state index contributed by atoms with van der Waals surface area (Å²) in [6.45, 7) is 0. The second kappa shape index (κ2) is 5.51. The van der Waals surface area contributed by atoms with Crippen LogP contribution in [0.4, 0.5) is 0 Å². The molecule has 0 spiro atoms. The maximum atomic E-state index is 5.80. The Kier molecular flexibility index (Phi) is 4.29. The van der Waals surface area contributed by atoms with Crippen LogP contribution < -0.4 is 0 Å². The third-order valence-electron chi connectivity index (χ3n) is 2.60. The molecule has 2 nitrogen and oxygen atoms in total. The third kappa shape index (κ3) is 3.33. The van der Waals surface area contributed by atoms with E-state index in [1.807, 2.05) is 17.8 Å². The van der Waals surface area contributed by atoms with E-state index in [2.05, 4.69) is 26.1 Å². The average molecular weight is 308 g/mol. The van der Waals surface area contributed by atoms with Crippen LogP contribution in [-0.2, 0) is 6.42 Å². The van der Waals surface area contributed by atoms with Gasteiger partial charge in [0.1, 0.15) is 0 Å². The van der Waals surface area contributed by atoms with Crippen molar-refractivity contribution in [1.82, 2.24) is 10.2 Å². The summed E-state index contributed by atoms with van der Waals surface area (Å²) in [6, 6.07) is 1.98. The van der Waals surface area contributed by atoms with Gasteiger partial charge in [-0.25, -0.2) is 0 Å². The molecular formula is C10H12BrClN2S. The molecule has 0 amide bonds. The highest BCUT2D eigenvalue weighted by molar-refractivity contribution is 9.10. The van der Waals surface area contributed by atoms with E-state index in [0.717, 1.165) is 22.5 Å². The van der Waals surface area contributed by atoms with Crippen LogP contribution in [0, 0.1) is 5.92 Å². The fraction of sp³-hybridized carbons (Fsp3) is 0.600. The van der Waals surface area contributed by atoms with Gasteiger partial charge in [-0.2, -0.15) is 16.9 Å². The fourth-order valence-corrected chi connectivity index (χ4v) is 3.38. The molecule has 1 aromatic heterocycles. The first kappa shape index (κ1) is 11.7. The van der Waals surface area contributed by atoms with E-state index >= 15 is 0 Å². The van der Waals surface area contributed by atoms with E-state index in [1.54, 1.807) is 0 Å². The molecule has 1 saturated heterocycles. The van der Waals surface area contributed by atoms with E-state index in [9.17, 15) is 0 Å². The van der Waals surface area contributed by atoms with Gasteiger partial charge in [0, 0.05) is 0 Å². The van der Waals surface area contributed by atoms with Crippen molar-refractivity contribution in [2.75, 3.05) is 11.5 Å². The monoisotopic (exact) mass is 306 g/mol. The standard InChI is InChI=1S/C10H12BrClN2S/c11-9-6-8(13-14-10(9)12)5-7-1-3-15-4-2-7/h6-7H,1-5H2. The van der Waals surface area contributed by atoms with Gasteiger partial charge in [0.15, 0.2) is 5.15 Å². The molecule has 0 N–H and O–H groups in total. The summed E-state index contributed by atoms with van der Waals surface area (Å²) < 4.78 is 0.847. The molecule has 2 heterocycles. The maximum absolute atomic E-state index is 5.80. The number of halogens is 2. The molecule has 0 saturated carbocycles. The molecule has 5 heteroatoms.